The largest absolute Gasteiger partial charge is 0.372 e. The van der Waals surface area contributed by atoms with Gasteiger partial charge in [-0.15, -0.1) is 11.3 Å². The SMILES string of the molecule is CC(C)(C)NCc1cnc(N2CCOC(C)(C)C2)s1. The number of ether oxygens (including phenoxy) is 1. The molecule has 1 aromatic rings. The molecule has 19 heavy (non-hydrogen) atoms. The molecule has 0 atom stereocenters. The second-order valence-corrected chi connectivity index (χ2v) is 7.84. The van der Waals surface area contributed by atoms with Gasteiger partial charge in [-0.2, -0.15) is 0 Å². The van der Waals surface area contributed by atoms with Crippen molar-refractivity contribution >= 4 is 16.5 Å². The van der Waals surface area contributed by atoms with Crippen LogP contribution in [-0.2, 0) is 11.3 Å². The average molecular weight is 283 g/mol. The van der Waals surface area contributed by atoms with Gasteiger partial charge in [0.05, 0.1) is 12.2 Å². The first-order valence-corrected chi connectivity index (χ1v) is 7.65. The zero-order chi connectivity index (χ0) is 14.1. The fourth-order valence-corrected chi connectivity index (χ4v) is 2.93. The van der Waals surface area contributed by atoms with E-state index >= 15 is 0 Å². The van der Waals surface area contributed by atoms with Crippen molar-refractivity contribution in [3.8, 4) is 0 Å². The third-order valence-corrected chi connectivity index (χ3v) is 4.09. The van der Waals surface area contributed by atoms with Crippen molar-refractivity contribution in [1.82, 2.24) is 10.3 Å². The molecule has 0 spiro atoms. The van der Waals surface area contributed by atoms with E-state index in [0.717, 1.165) is 31.4 Å². The summed E-state index contributed by atoms with van der Waals surface area (Å²) in [7, 11) is 0. The molecule has 1 N–H and O–H groups in total. The number of hydrogen-bond acceptors (Lipinski definition) is 5. The fourth-order valence-electron chi connectivity index (χ4n) is 2.06. The zero-order valence-electron chi connectivity index (χ0n) is 12.6. The van der Waals surface area contributed by atoms with E-state index in [-0.39, 0.29) is 11.1 Å². The molecule has 2 heterocycles. The van der Waals surface area contributed by atoms with Gasteiger partial charge in [0.1, 0.15) is 0 Å². The van der Waals surface area contributed by atoms with Crippen LogP contribution in [0.5, 0.6) is 0 Å². The maximum atomic E-state index is 5.74. The molecule has 1 aliphatic rings. The molecule has 0 aliphatic carbocycles. The topological polar surface area (TPSA) is 37.4 Å². The van der Waals surface area contributed by atoms with Crippen LogP contribution in [0.4, 0.5) is 5.13 Å². The van der Waals surface area contributed by atoms with Crippen LogP contribution in [0.3, 0.4) is 0 Å². The first-order valence-electron chi connectivity index (χ1n) is 6.84. The van der Waals surface area contributed by atoms with E-state index in [9.17, 15) is 0 Å². The van der Waals surface area contributed by atoms with Crippen LogP contribution in [0, 0.1) is 0 Å². The van der Waals surface area contributed by atoms with Crippen LogP contribution in [0.2, 0.25) is 0 Å². The predicted octanol–water partition coefficient (Wildman–Crippen LogP) is 2.65. The number of hydrogen-bond donors (Lipinski definition) is 1. The zero-order valence-corrected chi connectivity index (χ0v) is 13.4. The van der Waals surface area contributed by atoms with Crippen LogP contribution in [0.25, 0.3) is 0 Å². The standard InChI is InChI=1S/C14H25N3OS/c1-13(2,3)16-9-11-8-15-12(19-11)17-6-7-18-14(4,5)10-17/h8,16H,6-7,9-10H2,1-5H3. The van der Waals surface area contributed by atoms with Gasteiger partial charge in [-0.05, 0) is 34.6 Å². The lowest BCUT2D eigenvalue weighted by molar-refractivity contribution is -0.0277. The lowest BCUT2D eigenvalue weighted by Gasteiger charge is -2.37. The highest BCUT2D eigenvalue weighted by atomic mass is 32.1. The quantitative estimate of drug-likeness (QED) is 0.925. The minimum atomic E-state index is -0.0757. The third-order valence-electron chi connectivity index (χ3n) is 3.03. The number of anilines is 1. The van der Waals surface area contributed by atoms with Crippen molar-refractivity contribution in [2.45, 2.75) is 52.3 Å². The Morgan fingerprint density at radius 2 is 2.21 bits per heavy atom. The van der Waals surface area contributed by atoms with Crippen LogP contribution in [-0.4, -0.2) is 35.8 Å². The Hall–Kier alpha value is -0.650. The first-order chi connectivity index (χ1) is 8.75. The predicted molar refractivity (Wildman–Crippen MR) is 81.0 cm³/mol. The van der Waals surface area contributed by atoms with Crippen molar-refractivity contribution in [2.75, 3.05) is 24.6 Å². The highest BCUT2D eigenvalue weighted by Crippen LogP contribution is 2.27. The van der Waals surface area contributed by atoms with E-state index < -0.39 is 0 Å². The number of nitrogens with one attached hydrogen (secondary N) is 1. The third kappa shape index (κ3) is 4.44. The normalized spacial score (nSPS) is 19.7. The summed E-state index contributed by atoms with van der Waals surface area (Å²) in [6.07, 6.45) is 1.99. The summed E-state index contributed by atoms with van der Waals surface area (Å²) in [5, 5.41) is 4.61. The maximum Gasteiger partial charge on any atom is 0.185 e. The first kappa shape index (κ1) is 14.8. The minimum Gasteiger partial charge on any atom is -0.372 e. The average Bonchev–Trinajstić information content (AvgIpc) is 2.72. The summed E-state index contributed by atoms with van der Waals surface area (Å²) in [6, 6.07) is 0. The van der Waals surface area contributed by atoms with Gasteiger partial charge in [0.25, 0.3) is 0 Å². The summed E-state index contributed by atoms with van der Waals surface area (Å²) >= 11 is 1.78. The number of nitrogens with zero attached hydrogens (tertiary/aromatic N) is 2. The van der Waals surface area contributed by atoms with Crippen molar-refractivity contribution in [1.29, 1.82) is 0 Å². The molecular formula is C14H25N3OS. The molecule has 5 heteroatoms. The molecule has 4 nitrogen and oxygen atoms in total. The molecule has 0 saturated carbocycles. The molecule has 108 valence electrons. The van der Waals surface area contributed by atoms with Gasteiger partial charge in [0, 0.05) is 36.2 Å². The Morgan fingerprint density at radius 3 is 2.84 bits per heavy atom. The minimum absolute atomic E-state index is 0.0757. The summed E-state index contributed by atoms with van der Waals surface area (Å²) < 4.78 is 5.74. The van der Waals surface area contributed by atoms with E-state index in [2.05, 4.69) is 49.8 Å². The molecule has 0 radical (unpaired) electrons. The molecule has 2 rings (SSSR count). The Kier molecular flexibility index (Phi) is 4.18. The Balaban J connectivity index is 1.97. The Morgan fingerprint density at radius 1 is 1.47 bits per heavy atom. The molecular weight excluding hydrogens is 258 g/mol. The molecule has 1 aromatic heterocycles. The second kappa shape index (κ2) is 5.38. The molecule has 1 saturated heterocycles. The van der Waals surface area contributed by atoms with Gasteiger partial charge in [0.2, 0.25) is 0 Å². The Bertz CT molecular complexity index is 423. The molecule has 0 aromatic carbocycles. The summed E-state index contributed by atoms with van der Waals surface area (Å²) in [6.45, 7) is 14.3. The summed E-state index contributed by atoms with van der Waals surface area (Å²) in [5.74, 6) is 0. The molecule has 0 unspecified atom stereocenters. The van der Waals surface area contributed by atoms with Crippen LogP contribution < -0.4 is 10.2 Å². The van der Waals surface area contributed by atoms with Crippen molar-refractivity contribution in [3.63, 3.8) is 0 Å². The van der Waals surface area contributed by atoms with E-state index in [1.54, 1.807) is 11.3 Å². The number of thiazole rings is 1. The van der Waals surface area contributed by atoms with Crippen molar-refractivity contribution in [3.05, 3.63) is 11.1 Å². The van der Waals surface area contributed by atoms with Gasteiger partial charge < -0.3 is 15.0 Å². The Labute approximate surface area is 120 Å². The highest BCUT2D eigenvalue weighted by Gasteiger charge is 2.28. The van der Waals surface area contributed by atoms with Gasteiger partial charge in [-0.3, -0.25) is 0 Å². The number of rotatable bonds is 3. The lowest BCUT2D eigenvalue weighted by Crippen LogP contribution is -2.48. The fraction of sp³-hybridized carbons (Fsp3) is 0.786. The van der Waals surface area contributed by atoms with Gasteiger partial charge in [-0.1, -0.05) is 0 Å². The van der Waals surface area contributed by atoms with Crippen LogP contribution in [0.15, 0.2) is 6.20 Å². The maximum absolute atomic E-state index is 5.74. The van der Waals surface area contributed by atoms with Crippen LogP contribution >= 0.6 is 11.3 Å². The van der Waals surface area contributed by atoms with Gasteiger partial charge in [-0.25, -0.2) is 4.98 Å². The van der Waals surface area contributed by atoms with Gasteiger partial charge in [0.15, 0.2) is 5.13 Å². The van der Waals surface area contributed by atoms with Crippen molar-refractivity contribution < 1.29 is 4.74 Å². The van der Waals surface area contributed by atoms with Crippen molar-refractivity contribution in [2.24, 2.45) is 0 Å². The van der Waals surface area contributed by atoms with E-state index in [1.807, 2.05) is 6.20 Å². The van der Waals surface area contributed by atoms with Gasteiger partial charge >= 0.3 is 0 Å². The molecule has 1 fully saturated rings. The van der Waals surface area contributed by atoms with E-state index in [0.29, 0.717) is 0 Å². The molecule has 0 bridgehead atoms. The number of morpholine rings is 1. The second-order valence-electron chi connectivity index (χ2n) is 6.74. The highest BCUT2D eigenvalue weighted by molar-refractivity contribution is 7.15. The van der Waals surface area contributed by atoms with Crippen LogP contribution in [0.1, 0.15) is 39.5 Å². The molecule has 0 amide bonds. The smallest absolute Gasteiger partial charge is 0.185 e. The van der Waals surface area contributed by atoms with E-state index in [4.69, 9.17) is 4.74 Å². The summed E-state index contributed by atoms with van der Waals surface area (Å²) in [5.41, 5.74) is 0.0683. The summed E-state index contributed by atoms with van der Waals surface area (Å²) in [4.78, 5) is 8.17. The molecule has 1 aliphatic heterocycles. The monoisotopic (exact) mass is 283 g/mol. The lowest BCUT2D eigenvalue weighted by atomic mass is 10.1. The van der Waals surface area contributed by atoms with E-state index in [1.165, 1.54) is 4.88 Å². The number of aromatic nitrogens is 1.